The number of benzene rings is 2. The van der Waals surface area contributed by atoms with E-state index >= 15 is 0 Å². The van der Waals surface area contributed by atoms with Crippen molar-refractivity contribution >= 4 is 11.5 Å². The van der Waals surface area contributed by atoms with Crippen LogP contribution in [0.15, 0.2) is 66.7 Å². The van der Waals surface area contributed by atoms with Gasteiger partial charge in [0.25, 0.3) is 0 Å². The molecule has 4 saturated carbocycles. The second kappa shape index (κ2) is 12.2. The maximum atomic E-state index is 12.6. The fraction of sp³-hybridized carbons (Fsp3) is 0.625. The molecular weight excluding hydrogens is 528 g/mol. The van der Waals surface area contributed by atoms with Crippen molar-refractivity contribution in [2.75, 3.05) is 0 Å². The highest BCUT2D eigenvalue weighted by molar-refractivity contribution is 5.79. The predicted molar refractivity (Wildman–Crippen MR) is 175 cm³/mol. The molecule has 4 aliphatic rings. The molecule has 2 aromatic rings. The number of aliphatic hydroxyl groups excluding tert-OH is 1. The summed E-state index contributed by atoms with van der Waals surface area (Å²) in [4.78, 5) is 12.6. The van der Waals surface area contributed by atoms with Crippen LogP contribution in [0, 0.1) is 52.3 Å². The Morgan fingerprint density at radius 2 is 1.51 bits per heavy atom. The largest absolute Gasteiger partial charge is 0.462 e. The molecule has 0 heterocycles. The van der Waals surface area contributed by atoms with Crippen LogP contribution in [0.25, 0.3) is 5.57 Å². The number of hydrogen-bond acceptors (Lipinski definition) is 3. The number of fused-ring (bicyclic) bond motifs is 5. The highest BCUT2D eigenvalue weighted by Gasteiger charge is 2.65. The first kappa shape index (κ1) is 30.6. The fourth-order valence-electron chi connectivity index (χ4n) is 11.4. The molecule has 0 spiro atoms. The van der Waals surface area contributed by atoms with Gasteiger partial charge in [0, 0.05) is 12.8 Å². The summed E-state index contributed by atoms with van der Waals surface area (Å²) in [7, 11) is 0. The van der Waals surface area contributed by atoms with Gasteiger partial charge in [-0.25, -0.2) is 0 Å². The van der Waals surface area contributed by atoms with E-state index in [9.17, 15) is 9.90 Å². The predicted octanol–water partition coefficient (Wildman–Crippen LogP) is 9.34. The van der Waals surface area contributed by atoms with Gasteiger partial charge in [0.1, 0.15) is 6.10 Å². The first-order valence-corrected chi connectivity index (χ1v) is 17.3. The van der Waals surface area contributed by atoms with E-state index in [0.29, 0.717) is 41.4 Å². The van der Waals surface area contributed by atoms with Crippen LogP contribution in [-0.2, 0) is 9.53 Å². The molecule has 4 fully saturated rings. The molecule has 3 nitrogen and oxygen atoms in total. The van der Waals surface area contributed by atoms with Gasteiger partial charge < -0.3 is 9.84 Å². The van der Waals surface area contributed by atoms with Crippen LogP contribution in [0.1, 0.15) is 104 Å². The quantitative estimate of drug-likeness (QED) is 0.331. The van der Waals surface area contributed by atoms with Crippen LogP contribution in [0.4, 0.5) is 0 Å². The summed E-state index contributed by atoms with van der Waals surface area (Å²) in [5, 5.41) is 10.7. The molecule has 0 bridgehead atoms. The van der Waals surface area contributed by atoms with Crippen LogP contribution in [0.5, 0.6) is 0 Å². The van der Waals surface area contributed by atoms with Crippen molar-refractivity contribution in [2.45, 2.75) is 105 Å². The van der Waals surface area contributed by atoms with E-state index in [1.165, 1.54) is 42.4 Å². The monoisotopic (exact) mass is 582 g/mol. The standard InChI is InChI=1S/C40H54O3/c1-6-31-36-25-30(42)21-23-40(36,5)35-22-24-39(4)33(19-20-34(39)37(35)38(31)43-27(3)41)26(2)17-18-32(28-13-9-7-10-14-28)29-15-11-8-12-16-29/h7-16,18,26,30-31,33-38,42H,6,17,19-25H2,1-5H3/t26-,30-,31-,33-,34?,35?,36+,37?,38-,39-,40-/m1/s1. The summed E-state index contributed by atoms with van der Waals surface area (Å²) in [6, 6.07) is 21.7. The van der Waals surface area contributed by atoms with Crippen LogP contribution < -0.4 is 0 Å². The second-order valence-electron chi connectivity index (χ2n) is 15.3. The number of carbonyl (C=O) groups is 1. The van der Waals surface area contributed by atoms with E-state index in [1.807, 2.05) is 0 Å². The van der Waals surface area contributed by atoms with Crippen molar-refractivity contribution in [3.05, 3.63) is 77.9 Å². The first-order chi connectivity index (χ1) is 20.7. The molecule has 0 amide bonds. The average Bonchev–Trinajstić information content (AvgIpc) is 3.36. The topological polar surface area (TPSA) is 46.5 Å². The summed E-state index contributed by atoms with van der Waals surface area (Å²) in [5.41, 5.74) is 4.41. The lowest BCUT2D eigenvalue weighted by Gasteiger charge is -2.65. The Labute approximate surface area is 260 Å². The Hall–Kier alpha value is -2.39. The maximum Gasteiger partial charge on any atom is 0.302 e. The van der Waals surface area contributed by atoms with Crippen LogP contribution >= 0.6 is 0 Å². The summed E-state index contributed by atoms with van der Waals surface area (Å²) >= 11 is 0. The highest BCUT2D eigenvalue weighted by atomic mass is 16.5. The SMILES string of the molecule is CC[C@H]1[C@@H](OC(C)=O)C2C3CC[C@H]([C@H](C)CC=C(c4ccccc4)c4ccccc4)[C@@]3(C)CCC2[C@@]2(C)CC[C@@H](O)C[C@@H]12. The van der Waals surface area contributed by atoms with Crippen LogP contribution in [0.2, 0.25) is 0 Å². The maximum absolute atomic E-state index is 12.6. The minimum absolute atomic E-state index is 0.0165. The van der Waals surface area contributed by atoms with Crippen molar-refractivity contribution < 1.29 is 14.6 Å². The Balaban J connectivity index is 1.29. The van der Waals surface area contributed by atoms with Crippen molar-refractivity contribution in [3.63, 3.8) is 0 Å². The highest BCUT2D eigenvalue weighted by Crippen LogP contribution is 2.70. The van der Waals surface area contributed by atoms with E-state index < -0.39 is 0 Å². The number of esters is 1. The zero-order valence-electron chi connectivity index (χ0n) is 27.2. The van der Waals surface area contributed by atoms with Crippen LogP contribution in [-0.4, -0.2) is 23.3 Å². The minimum Gasteiger partial charge on any atom is -0.462 e. The molecule has 0 aromatic heterocycles. The number of allylic oxidation sites excluding steroid dienone is 1. The van der Waals surface area contributed by atoms with Gasteiger partial charge in [-0.3, -0.25) is 4.79 Å². The molecule has 11 atom stereocenters. The van der Waals surface area contributed by atoms with Gasteiger partial charge in [-0.15, -0.1) is 0 Å². The third-order valence-corrected chi connectivity index (χ3v) is 13.3. The van der Waals surface area contributed by atoms with Gasteiger partial charge in [0.15, 0.2) is 0 Å². The number of aliphatic hydroxyl groups is 1. The molecule has 0 saturated heterocycles. The smallest absolute Gasteiger partial charge is 0.302 e. The molecule has 6 rings (SSSR count). The van der Waals surface area contributed by atoms with E-state index in [4.69, 9.17) is 4.74 Å². The zero-order valence-corrected chi connectivity index (χ0v) is 27.2. The fourth-order valence-corrected chi connectivity index (χ4v) is 11.4. The molecular formula is C40H54O3. The number of hydrogen-bond donors (Lipinski definition) is 1. The first-order valence-electron chi connectivity index (χ1n) is 17.3. The van der Waals surface area contributed by atoms with E-state index in [2.05, 4.69) is 94.4 Å². The molecule has 232 valence electrons. The third-order valence-electron chi connectivity index (χ3n) is 13.3. The summed E-state index contributed by atoms with van der Waals surface area (Å²) in [5.74, 6) is 3.50. The molecule has 4 aliphatic carbocycles. The lowest BCUT2D eigenvalue weighted by atomic mass is 9.41. The minimum atomic E-state index is -0.211. The average molecular weight is 583 g/mol. The Morgan fingerprint density at radius 1 is 0.907 bits per heavy atom. The van der Waals surface area contributed by atoms with Crippen molar-refractivity contribution in [1.29, 1.82) is 0 Å². The van der Waals surface area contributed by atoms with Crippen molar-refractivity contribution in [1.82, 2.24) is 0 Å². The summed E-state index contributed by atoms with van der Waals surface area (Å²) < 4.78 is 6.39. The van der Waals surface area contributed by atoms with Crippen LogP contribution in [0.3, 0.4) is 0 Å². The Kier molecular flexibility index (Phi) is 8.68. The molecule has 1 N–H and O–H groups in total. The molecule has 0 radical (unpaired) electrons. The van der Waals surface area contributed by atoms with Gasteiger partial charge in [0.2, 0.25) is 0 Å². The number of ether oxygens (including phenoxy) is 1. The Morgan fingerprint density at radius 3 is 2.12 bits per heavy atom. The van der Waals surface area contributed by atoms with Gasteiger partial charge in [-0.2, -0.15) is 0 Å². The summed E-state index contributed by atoms with van der Waals surface area (Å²) in [6.45, 7) is 11.5. The second-order valence-corrected chi connectivity index (χ2v) is 15.3. The lowest BCUT2D eigenvalue weighted by Crippen LogP contribution is -2.63. The van der Waals surface area contributed by atoms with Gasteiger partial charge >= 0.3 is 5.97 Å². The number of carbonyl (C=O) groups excluding carboxylic acids is 1. The van der Waals surface area contributed by atoms with E-state index in [-0.39, 0.29) is 29.0 Å². The molecule has 0 aliphatic heterocycles. The van der Waals surface area contributed by atoms with Crippen molar-refractivity contribution in [3.8, 4) is 0 Å². The lowest BCUT2D eigenvalue weighted by molar-refractivity contribution is -0.217. The van der Waals surface area contributed by atoms with Gasteiger partial charge in [0.05, 0.1) is 6.10 Å². The van der Waals surface area contributed by atoms with Crippen molar-refractivity contribution in [2.24, 2.45) is 52.3 Å². The van der Waals surface area contributed by atoms with Gasteiger partial charge in [-0.05, 0) is 121 Å². The Bertz CT molecular complexity index is 1240. The normalized spacial score (nSPS) is 39.1. The third kappa shape index (κ3) is 5.43. The molecule has 43 heavy (non-hydrogen) atoms. The molecule has 3 heteroatoms. The summed E-state index contributed by atoms with van der Waals surface area (Å²) in [6.07, 6.45) is 12.3. The zero-order chi connectivity index (χ0) is 30.4. The molecule has 3 unspecified atom stereocenters. The van der Waals surface area contributed by atoms with Gasteiger partial charge in [-0.1, -0.05) is 94.4 Å². The number of rotatable bonds is 7. The van der Waals surface area contributed by atoms with E-state index in [0.717, 1.165) is 32.1 Å². The van der Waals surface area contributed by atoms with E-state index in [1.54, 1.807) is 6.92 Å². The molecule has 2 aromatic carbocycles.